The van der Waals surface area contributed by atoms with Crippen molar-refractivity contribution in [2.75, 3.05) is 0 Å². The molecule has 0 aliphatic heterocycles. The molecule has 0 bridgehead atoms. The molecule has 0 aliphatic carbocycles. The van der Waals surface area contributed by atoms with Crippen molar-refractivity contribution in [3.05, 3.63) is 64.6 Å². The lowest BCUT2D eigenvalue weighted by Gasteiger charge is -2.09. The van der Waals surface area contributed by atoms with Crippen LogP contribution in [0.5, 0.6) is 0 Å². The standard InChI is InChI=1S/C16H15BrN2OS/c1-12(21-14-8-3-2-4-9-14)16(20)19-18-11-13-7-5-6-10-15(13)17/h2-12H,1H3,(H,19,20)/b18-11-/t12-/m0/s1. The maximum Gasteiger partial charge on any atom is 0.253 e. The molecule has 0 heterocycles. The molecule has 1 N–H and O–H groups in total. The number of amides is 1. The minimum Gasteiger partial charge on any atom is -0.272 e. The number of hydrogen-bond donors (Lipinski definition) is 1. The molecule has 108 valence electrons. The van der Waals surface area contributed by atoms with Crippen LogP contribution in [0.25, 0.3) is 0 Å². The summed E-state index contributed by atoms with van der Waals surface area (Å²) in [6, 6.07) is 17.5. The van der Waals surface area contributed by atoms with Crippen molar-refractivity contribution >= 4 is 39.8 Å². The van der Waals surface area contributed by atoms with Gasteiger partial charge in [0.05, 0.1) is 11.5 Å². The second-order valence-electron chi connectivity index (χ2n) is 4.33. The summed E-state index contributed by atoms with van der Waals surface area (Å²) in [5.41, 5.74) is 3.48. The van der Waals surface area contributed by atoms with Crippen molar-refractivity contribution in [1.29, 1.82) is 0 Å². The Kier molecular flexibility index (Phi) is 6.02. The third-order valence-electron chi connectivity index (χ3n) is 2.71. The third kappa shape index (κ3) is 5.02. The molecule has 0 saturated carbocycles. The average Bonchev–Trinajstić information content (AvgIpc) is 2.50. The van der Waals surface area contributed by atoms with E-state index in [1.165, 1.54) is 11.8 Å². The molecule has 1 amide bonds. The molecule has 0 fully saturated rings. The first-order chi connectivity index (χ1) is 10.2. The molecule has 1 atom stereocenters. The van der Waals surface area contributed by atoms with Crippen molar-refractivity contribution in [1.82, 2.24) is 5.43 Å². The van der Waals surface area contributed by atoms with Crippen molar-refractivity contribution in [2.24, 2.45) is 5.10 Å². The number of nitrogens with zero attached hydrogens (tertiary/aromatic N) is 1. The summed E-state index contributed by atoms with van der Waals surface area (Å²) in [5, 5.41) is 3.79. The van der Waals surface area contributed by atoms with E-state index in [0.29, 0.717) is 0 Å². The SMILES string of the molecule is C[C@H](Sc1ccccc1)C(=O)N/N=C\c1ccccc1Br. The Balaban J connectivity index is 1.88. The quantitative estimate of drug-likeness (QED) is 0.494. The Morgan fingerprint density at radius 3 is 2.57 bits per heavy atom. The number of rotatable bonds is 5. The highest BCUT2D eigenvalue weighted by atomic mass is 79.9. The zero-order valence-electron chi connectivity index (χ0n) is 11.5. The van der Waals surface area contributed by atoms with Crippen LogP contribution >= 0.6 is 27.7 Å². The molecule has 5 heteroatoms. The predicted molar refractivity (Wildman–Crippen MR) is 91.6 cm³/mol. The van der Waals surface area contributed by atoms with Crippen LogP contribution in [0.1, 0.15) is 12.5 Å². The van der Waals surface area contributed by atoms with E-state index >= 15 is 0 Å². The van der Waals surface area contributed by atoms with Gasteiger partial charge in [-0.3, -0.25) is 4.79 Å². The van der Waals surface area contributed by atoms with E-state index in [1.54, 1.807) is 6.21 Å². The zero-order chi connectivity index (χ0) is 15.1. The summed E-state index contributed by atoms with van der Waals surface area (Å²) in [7, 11) is 0. The molecule has 0 spiro atoms. The molecule has 0 saturated heterocycles. The Hall–Kier alpha value is -1.59. The first-order valence-corrected chi connectivity index (χ1v) is 8.13. The highest BCUT2D eigenvalue weighted by Gasteiger charge is 2.13. The summed E-state index contributed by atoms with van der Waals surface area (Å²) in [4.78, 5) is 13.0. The van der Waals surface area contributed by atoms with E-state index in [4.69, 9.17) is 0 Å². The Bertz CT molecular complexity index is 631. The summed E-state index contributed by atoms with van der Waals surface area (Å²) < 4.78 is 0.940. The zero-order valence-corrected chi connectivity index (χ0v) is 13.9. The lowest BCUT2D eigenvalue weighted by atomic mass is 10.2. The number of thioether (sulfide) groups is 1. The Morgan fingerprint density at radius 1 is 1.19 bits per heavy atom. The molecule has 3 nitrogen and oxygen atoms in total. The first-order valence-electron chi connectivity index (χ1n) is 6.46. The molecule has 21 heavy (non-hydrogen) atoms. The van der Waals surface area contributed by atoms with Crippen LogP contribution in [0, 0.1) is 0 Å². The second kappa shape index (κ2) is 8.00. The van der Waals surface area contributed by atoms with Gasteiger partial charge < -0.3 is 0 Å². The van der Waals surface area contributed by atoms with Crippen molar-refractivity contribution in [2.45, 2.75) is 17.1 Å². The smallest absolute Gasteiger partial charge is 0.253 e. The van der Waals surface area contributed by atoms with Gasteiger partial charge in [-0.1, -0.05) is 52.3 Å². The van der Waals surface area contributed by atoms with E-state index in [-0.39, 0.29) is 11.2 Å². The van der Waals surface area contributed by atoms with Gasteiger partial charge in [-0.15, -0.1) is 11.8 Å². The summed E-state index contributed by atoms with van der Waals surface area (Å²) in [6.45, 7) is 1.86. The van der Waals surface area contributed by atoms with Gasteiger partial charge in [0, 0.05) is 14.9 Å². The van der Waals surface area contributed by atoms with Gasteiger partial charge in [0.1, 0.15) is 0 Å². The minimum absolute atomic E-state index is 0.118. The number of halogens is 1. The summed E-state index contributed by atoms with van der Waals surface area (Å²) in [5.74, 6) is -0.118. The van der Waals surface area contributed by atoms with Crippen molar-refractivity contribution in [3.8, 4) is 0 Å². The molecular weight excluding hydrogens is 348 g/mol. The normalized spacial score (nSPS) is 12.3. The molecule has 2 aromatic rings. The van der Waals surface area contributed by atoms with Gasteiger partial charge in [-0.25, -0.2) is 5.43 Å². The third-order valence-corrected chi connectivity index (χ3v) is 4.54. The number of hydrogen-bond acceptors (Lipinski definition) is 3. The van der Waals surface area contributed by atoms with E-state index in [1.807, 2.05) is 61.5 Å². The lowest BCUT2D eigenvalue weighted by molar-refractivity contribution is -0.120. The molecule has 0 radical (unpaired) electrons. The number of carbonyl (C=O) groups is 1. The van der Waals surface area contributed by atoms with Gasteiger partial charge >= 0.3 is 0 Å². The van der Waals surface area contributed by atoms with Crippen LogP contribution in [-0.2, 0) is 4.79 Å². The molecule has 2 rings (SSSR count). The van der Waals surface area contributed by atoms with Crippen LogP contribution in [0.2, 0.25) is 0 Å². The molecule has 0 aliphatic rings. The maximum atomic E-state index is 12.0. The van der Waals surface area contributed by atoms with Crippen LogP contribution in [0.15, 0.2) is 69.1 Å². The monoisotopic (exact) mass is 362 g/mol. The summed E-state index contributed by atoms with van der Waals surface area (Å²) in [6.07, 6.45) is 1.63. The van der Waals surface area contributed by atoms with E-state index in [9.17, 15) is 4.79 Å². The van der Waals surface area contributed by atoms with Crippen molar-refractivity contribution in [3.63, 3.8) is 0 Å². The van der Waals surface area contributed by atoms with Gasteiger partial charge in [0.2, 0.25) is 0 Å². The van der Waals surface area contributed by atoms with E-state index < -0.39 is 0 Å². The molecule has 0 aromatic heterocycles. The topological polar surface area (TPSA) is 41.5 Å². The highest BCUT2D eigenvalue weighted by Crippen LogP contribution is 2.22. The maximum absolute atomic E-state index is 12.0. The Morgan fingerprint density at radius 2 is 1.86 bits per heavy atom. The van der Waals surface area contributed by atoms with Gasteiger partial charge in [0.25, 0.3) is 5.91 Å². The van der Waals surface area contributed by atoms with Crippen LogP contribution in [0.3, 0.4) is 0 Å². The van der Waals surface area contributed by atoms with Crippen LogP contribution in [-0.4, -0.2) is 17.4 Å². The average molecular weight is 363 g/mol. The molecular formula is C16H15BrN2OS. The predicted octanol–water partition coefficient (Wildman–Crippen LogP) is 4.08. The highest BCUT2D eigenvalue weighted by molar-refractivity contribution is 9.10. The fourth-order valence-corrected chi connectivity index (χ4v) is 2.86. The van der Waals surface area contributed by atoms with E-state index in [2.05, 4.69) is 26.5 Å². The number of hydrazone groups is 1. The van der Waals surface area contributed by atoms with Crippen molar-refractivity contribution < 1.29 is 4.79 Å². The van der Waals surface area contributed by atoms with Gasteiger partial charge in [0.15, 0.2) is 0 Å². The van der Waals surface area contributed by atoms with E-state index in [0.717, 1.165) is 14.9 Å². The fourth-order valence-electron chi connectivity index (χ4n) is 1.59. The molecule has 0 unspecified atom stereocenters. The second-order valence-corrected chi connectivity index (χ2v) is 6.60. The minimum atomic E-state index is -0.205. The number of benzene rings is 2. The van der Waals surface area contributed by atoms with Gasteiger partial charge in [-0.2, -0.15) is 5.10 Å². The largest absolute Gasteiger partial charge is 0.272 e. The molecule has 2 aromatic carbocycles. The summed E-state index contributed by atoms with van der Waals surface area (Å²) >= 11 is 4.93. The number of nitrogens with one attached hydrogen (secondary N) is 1. The fraction of sp³-hybridized carbons (Fsp3) is 0.125. The van der Waals surface area contributed by atoms with Crippen LogP contribution in [0.4, 0.5) is 0 Å². The first kappa shape index (κ1) is 15.8. The van der Waals surface area contributed by atoms with Crippen LogP contribution < -0.4 is 5.43 Å². The Labute approximate surface area is 137 Å². The lowest BCUT2D eigenvalue weighted by Crippen LogP contribution is -2.26. The van der Waals surface area contributed by atoms with Gasteiger partial charge in [-0.05, 0) is 25.1 Å². The number of carbonyl (C=O) groups excluding carboxylic acids is 1.